The Hall–Kier alpha value is -1.66. The molecule has 0 N–H and O–H groups in total. The molecule has 0 radical (unpaired) electrons. The quantitative estimate of drug-likeness (QED) is 0.805. The van der Waals surface area contributed by atoms with Crippen molar-refractivity contribution in [1.29, 1.82) is 0 Å². The minimum atomic E-state index is -0.257. The molecule has 6 heteroatoms. The molecule has 0 bridgehead atoms. The van der Waals surface area contributed by atoms with Gasteiger partial charge in [-0.15, -0.1) is 0 Å². The zero-order valence-electron chi connectivity index (χ0n) is 16.0. The molecule has 0 aromatic heterocycles. The Balaban J connectivity index is 1.71. The Bertz CT molecular complexity index is 652. The second kappa shape index (κ2) is 7.92. The number of rotatable bonds is 5. The molecule has 1 spiro atoms. The van der Waals surface area contributed by atoms with Gasteiger partial charge in [-0.3, -0.25) is 9.69 Å². The molecule has 144 valence electrons. The van der Waals surface area contributed by atoms with Crippen molar-refractivity contribution in [3.63, 3.8) is 0 Å². The van der Waals surface area contributed by atoms with Crippen molar-refractivity contribution in [2.24, 2.45) is 11.3 Å². The molecular weight excluding hydrogens is 335 g/mol. The molecule has 2 aliphatic rings. The molecule has 2 saturated heterocycles. The van der Waals surface area contributed by atoms with Gasteiger partial charge in [-0.1, -0.05) is 19.9 Å². The van der Waals surface area contributed by atoms with Gasteiger partial charge < -0.3 is 14.4 Å². The Labute approximate surface area is 155 Å². The van der Waals surface area contributed by atoms with Crippen LogP contribution in [0, 0.1) is 17.2 Å². The Morgan fingerprint density at radius 3 is 2.85 bits per heavy atom. The van der Waals surface area contributed by atoms with Crippen molar-refractivity contribution in [3.8, 4) is 5.75 Å². The van der Waals surface area contributed by atoms with Gasteiger partial charge in [-0.2, -0.15) is 0 Å². The number of hydrogen-bond donors (Lipinski definition) is 0. The number of amides is 1. The molecule has 3 rings (SSSR count). The molecule has 1 amide bonds. The monoisotopic (exact) mass is 364 g/mol. The van der Waals surface area contributed by atoms with Gasteiger partial charge in [-0.25, -0.2) is 4.39 Å². The van der Waals surface area contributed by atoms with Crippen LogP contribution in [0.3, 0.4) is 0 Å². The fraction of sp³-hybridized carbons (Fsp3) is 0.650. The van der Waals surface area contributed by atoms with E-state index in [4.69, 9.17) is 9.47 Å². The lowest BCUT2D eigenvalue weighted by Crippen LogP contribution is -2.41. The van der Waals surface area contributed by atoms with E-state index >= 15 is 0 Å². The van der Waals surface area contributed by atoms with E-state index in [2.05, 4.69) is 18.7 Å². The summed E-state index contributed by atoms with van der Waals surface area (Å²) in [6.45, 7) is 8.97. The van der Waals surface area contributed by atoms with Gasteiger partial charge in [0.15, 0.2) is 0 Å². The SMILES string of the molecule is COc1ccc(CN2CCOCC3(CC(=O)N(CC(C)C)C3)C2)c(F)c1. The highest BCUT2D eigenvalue weighted by atomic mass is 19.1. The topological polar surface area (TPSA) is 42.0 Å². The molecule has 1 aromatic carbocycles. The minimum absolute atomic E-state index is 0.189. The van der Waals surface area contributed by atoms with E-state index in [1.165, 1.54) is 13.2 Å². The number of methoxy groups -OCH3 is 1. The van der Waals surface area contributed by atoms with Crippen molar-refractivity contribution in [2.75, 3.05) is 46.5 Å². The van der Waals surface area contributed by atoms with Gasteiger partial charge in [0, 0.05) is 56.2 Å². The van der Waals surface area contributed by atoms with Crippen molar-refractivity contribution in [1.82, 2.24) is 9.80 Å². The molecule has 2 fully saturated rings. The van der Waals surface area contributed by atoms with E-state index in [1.54, 1.807) is 12.1 Å². The Morgan fingerprint density at radius 1 is 1.35 bits per heavy atom. The first-order valence-corrected chi connectivity index (χ1v) is 9.31. The highest BCUT2D eigenvalue weighted by molar-refractivity contribution is 5.79. The standard InChI is InChI=1S/C20H29FN2O3/c1-15(2)10-23-13-20(9-19(23)24)12-22(6-7-26-14-20)11-16-4-5-17(25-3)8-18(16)21/h4-5,8,15H,6-7,9-14H2,1-3H3. The molecule has 5 nitrogen and oxygen atoms in total. The van der Waals surface area contributed by atoms with E-state index in [1.807, 2.05) is 4.90 Å². The van der Waals surface area contributed by atoms with Crippen LogP contribution in [0.15, 0.2) is 18.2 Å². The first-order chi connectivity index (χ1) is 12.4. The Kier molecular flexibility index (Phi) is 5.82. The normalized spacial score (nSPS) is 24.5. The van der Waals surface area contributed by atoms with Crippen molar-refractivity contribution < 1.29 is 18.7 Å². The maximum atomic E-state index is 14.3. The second-order valence-corrected chi connectivity index (χ2v) is 8.07. The first kappa shape index (κ1) is 19.1. The summed E-state index contributed by atoms with van der Waals surface area (Å²) in [5.41, 5.74) is 0.456. The third-order valence-electron chi connectivity index (χ3n) is 5.16. The summed E-state index contributed by atoms with van der Waals surface area (Å²) in [6, 6.07) is 4.98. The van der Waals surface area contributed by atoms with Gasteiger partial charge in [0.25, 0.3) is 0 Å². The molecule has 0 saturated carbocycles. The average Bonchev–Trinajstić information content (AvgIpc) is 2.75. The van der Waals surface area contributed by atoms with Crippen LogP contribution in [-0.2, 0) is 16.1 Å². The molecule has 1 atom stereocenters. The van der Waals surface area contributed by atoms with E-state index in [0.717, 1.165) is 26.2 Å². The Morgan fingerprint density at radius 2 is 2.15 bits per heavy atom. The molecule has 1 unspecified atom stereocenters. The van der Waals surface area contributed by atoms with Gasteiger partial charge in [-0.05, 0) is 12.0 Å². The van der Waals surface area contributed by atoms with Crippen LogP contribution in [0.25, 0.3) is 0 Å². The van der Waals surface area contributed by atoms with E-state index in [0.29, 0.717) is 43.4 Å². The van der Waals surface area contributed by atoms with Crippen LogP contribution in [0.4, 0.5) is 4.39 Å². The number of carbonyl (C=O) groups is 1. The number of nitrogens with zero attached hydrogens (tertiary/aromatic N) is 2. The fourth-order valence-electron chi connectivity index (χ4n) is 4.03. The summed E-state index contributed by atoms with van der Waals surface area (Å²) in [4.78, 5) is 16.6. The second-order valence-electron chi connectivity index (χ2n) is 8.07. The van der Waals surface area contributed by atoms with Crippen molar-refractivity contribution in [2.45, 2.75) is 26.8 Å². The summed E-state index contributed by atoms with van der Waals surface area (Å²) in [7, 11) is 1.53. The molecule has 1 aromatic rings. The maximum Gasteiger partial charge on any atom is 0.223 e. The average molecular weight is 364 g/mol. The first-order valence-electron chi connectivity index (χ1n) is 9.31. The van der Waals surface area contributed by atoms with Crippen LogP contribution in [0.2, 0.25) is 0 Å². The number of halogens is 1. The maximum absolute atomic E-state index is 14.3. The summed E-state index contributed by atoms with van der Waals surface area (Å²) >= 11 is 0. The van der Waals surface area contributed by atoms with Crippen molar-refractivity contribution >= 4 is 5.91 Å². The minimum Gasteiger partial charge on any atom is -0.497 e. The highest BCUT2D eigenvalue weighted by Crippen LogP contribution is 2.35. The zero-order chi connectivity index (χ0) is 18.7. The van der Waals surface area contributed by atoms with Crippen LogP contribution in [0.1, 0.15) is 25.8 Å². The van der Waals surface area contributed by atoms with E-state index in [9.17, 15) is 9.18 Å². The summed E-state index contributed by atoms with van der Waals surface area (Å²) in [6.07, 6.45) is 0.515. The lowest BCUT2D eigenvalue weighted by atomic mass is 9.87. The predicted octanol–water partition coefficient (Wildman–Crippen LogP) is 2.54. The molecule has 2 aliphatic heterocycles. The van der Waals surface area contributed by atoms with Gasteiger partial charge in [0.05, 0.1) is 20.3 Å². The van der Waals surface area contributed by atoms with Crippen LogP contribution in [-0.4, -0.2) is 62.2 Å². The molecule has 0 aliphatic carbocycles. The third kappa shape index (κ3) is 4.35. The lowest BCUT2D eigenvalue weighted by molar-refractivity contribution is -0.128. The van der Waals surface area contributed by atoms with Crippen molar-refractivity contribution in [3.05, 3.63) is 29.6 Å². The summed E-state index contributed by atoms with van der Waals surface area (Å²) < 4.78 is 25.2. The fourth-order valence-corrected chi connectivity index (χ4v) is 4.03. The van der Waals surface area contributed by atoms with E-state index < -0.39 is 0 Å². The van der Waals surface area contributed by atoms with Crippen LogP contribution in [0.5, 0.6) is 5.75 Å². The predicted molar refractivity (Wildman–Crippen MR) is 97.5 cm³/mol. The molecule has 2 heterocycles. The van der Waals surface area contributed by atoms with Gasteiger partial charge >= 0.3 is 0 Å². The summed E-state index contributed by atoms with van der Waals surface area (Å²) in [5.74, 6) is 0.921. The largest absolute Gasteiger partial charge is 0.497 e. The number of carbonyl (C=O) groups excluding carboxylic acids is 1. The number of ether oxygens (including phenoxy) is 2. The number of hydrogen-bond acceptors (Lipinski definition) is 4. The summed E-state index contributed by atoms with van der Waals surface area (Å²) in [5, 5.41) is 0. The third-order valence-corrected chi connectivity index (χ3v) is 5.16. The molecule has 26 heavy (non-hydrogen) atoms. The van der Waals surface area contributed by atoms with Crippen LogP contribution < -0.4 is 4.74 Å². The van der Waals surface area contributed by atoms with Crippen LogP contribution >= 0.6 is 0 Å². The molecular formula is C20H29FN2O3. The number of benzene rings is 1. The number of likely N-dealkylation sites (tertiary alicyclic amines) is 1. The lowest BCUT2D eigenvalue weighted by Gasteiger charge is -2.31. The van der Waals surface area contributed by atoms with E-state index in [-0.39, 0.29) is 17.1 Å². The van der Waals surface area contributed by atoms with Gasteiger partial charge in [0.1, 0.15) is 11.6 Å². The zero-order valence-corrected chi connectivity index (χ0v) is 16.0. The highest BCUT2D eigenvalue weighted by Gasteiger charge is 2.45. The van der Waals surface area contributed by atoms with Gasteiger partial charge in [0.2, 0.25) is 5.91 Å². The smallest absolute Gasteiger partial charge is 0.223 e.